The fourth-order valence-electron chi connectivity index (χ4n) is 4.85. The van der Waals surface area contributed by atoms with Gasteiger partial charge in [0.1, 0.15) is 0 Å². The highest BCUT2D eigenvalue weighted by Crippen LogP contribution is 2.53. The van der Waals surface area contributed by atoms with Crippen LogP contribution in [0.15, 0.2) is 42.5 Å². The first kappa shape index (κ1) is 12.4. The van der Waals surface area contributed by atoms with Crippen molar-refractivity contribution in [2.24, 2.45) is 23.5 Å². The molecule has 0 radical (unpaired) electrons. The molecule has 3 aliphatic rings. The zero-order chi connectivity index (χ0) is 13.5. The van der Waals surface area contributed by atoms with E-state index in [0.29, 0.717) is 11.8 Å². The van der Waals surface area contributed by atoms with E-state index in [0.717, 1.165) is 18.4 Å². The highest BCUT2D eigenvalue weighted by Gasteiger charge is 2.43. The zero-order valence-corrected chi connectivity index (χ0v) is 12.0. The van der Waals surface area contributed by atoms with Gasteiger partial charge in [-0.3, -0.25) is 0 Å². The van der Waals surface area contributed by atoms with Crippen LogP contribution in [0.4, 0.5) is 0 Å². The van der Waals surface area contributed by atoms with Gasteiger partial charge in [-0.05, 0) is 72.2 Å². The Morgan fingerprint density at radius 2 is 1.55 bits per heavy atom. The highest BCUT2D eigenvalue weighted by atomic mass is 14.6. The first-order valence-electron chi connectivity index (χ1n) is 8.05. The van der Waals surface area contributed by atoms with Gasteiger partial charge < -0.3 is 5.73 Å². The molecule has 3 saturated carbocycles. The topological polar surface area (TPSA) is 26.0 Å². The van der Waals surface area contributed by atoms with Crippen molar-refractivity contribution in [2.45, 2.75) is 31.6 Å². The predicted octanol–water partition coefficient (Wildman–Crippen LogP) is 4.32. The van der Waals surface area contributed by atoms with Crippen LogP contribution >= 0.6 is 0 Å². The Bertz CT molecular complexity index is 610. The molecule has 2 aromatic carbocycles. The van der Waals surface area contributed by atoms with Gasteiger partial charge in [0.15, 0.2) is 0 Å². The molecule has 2 N–H and O–H groups in total. The lowest BCUT2D eigenvalue weighted by molar-refractivity contribution is 0.0732. The minimum absolute atomic E-state index is 0.706. The van der Waals surface area contributed by atoms with Crippen LogP contribution in [-0.4, -0.2) is 6.54 Å². The van der Waals surface area contributed by atoms with Crippen molar-refractivity contribution in [1.82, 2.24) is 0 Å². The maximum Gasteiger partial charge on any atom is -0.00403 e. The van der Waals surface area contributed by atoms with E-state index in [9.17, 15) is 0 Å². The lowest BCUT2D eigenvalue weighted by Crippen LogP contribution is -2.42. The summed E-state index contributed by atoms with van der Waals surface area (Å²) >= 11 is 0. The molecular weight excluding hydrogens is 242 g/mol. The van der Waals surface area contributed by atoms with E-state index < -0.39 is 0 Å². The fourth-order valence-corrected chi connectivity index (χ4v) is 4.85. The van der Waals surface area contributed by atoms with Gasteiger partial charge in [-0.2, -0.15) is 0 Å². The molecule has 0 aromatic heterocycles. The van der Waals surface area contributed by atoms with Crippen LogP contribution in [0.3, 0.4) is 0 Å². The lowest BCUT2D eigenvalue weighted by Gasteiger charge is -2.48. The quantitative estimate of drug-likeness (QED) is 0.860. The summed E-state index contributed by atoms with van der Waals surface area (Å²) in [5.41, 5.74) is 7.67. The molecule has 0 saturated heterocycles. The van der Waals surface area contributed by atoms with Gasteiger partial charge >= 0.3 is 0 Å². The Labute approximate surface area is 121 Å². The normalized spacial score (nSPS) is 32.6. The molecule has 0 aliphatic heterocycles. The molecule has 2 aromatic rings. The third-order valence-electron chi connectivity index (χ3n) is 5.82. The van der Waals surface area contributed by atoms with Crippen LogP contribution in [0.2, 0.25) is 0 Å². The largest absolute Gasteiger partial charge is 0.330 e. The number of hydrogen-bond acceptors (Lipinski definition) is 1. The first-order valence-corrected chi connectivity index (χ1v) is 8.05. The van der Waals surface area contributed by atoms with E-state index in [4.69, 9.17) is 5.73 Å². The van der Waals surface area contributed by atoms with Crippen molar-refractivity contribution in [1.29, 1.82) is 0 Å². The Kier molecular flexibility index (Phi) is 3.03. The van der Waals surface area contributed by atoms with Crippen molar-refractivity contribution in [3.05, 3.63) is 48.0 Å². The fraction of sp³-hybridized carbons (Fsp3) is 0.474. The smallest absolute Gasteiger partial charge is 0.00403 e. The van der Waals surface area contributed by atoms with Gasteiger partial charge in [-0.25, -0.2) is 0 Å². The average molecular weight is 265 g/mol. The molecule has 0 heterocycles. The number of nitrogens with two attached hydrogens (primary N) is 1. The molecule has 0 spiro atoms. The lowest BCUT2D eigenvalue weighted by atomic mass is 9.57. The Morgan fingerprint density at radius 3 is 2.30 bits per heavy atom. The van der Waals surface area contributed by atoms with E-state index in [-0.39, 0.29) is 0 Å². The van der Waals surface area contributed by atoms with E-state index in [1.54, 1.807) is 0 Å². The van der Waals surface area contributed by atoms with Crippen LogP contribution in [0.1, 0.15) is 37.2 Å². The Balaban J connectivity index is 1.77. The monoisotopic (exact) mass is 265 g/mol. The van der Waals surface area contributed by atoms with Gasteiger partial charge in [-0.15, -0.1) is 0 Å². The van der Waals surface area contributed by atoms with Crippen molar-refractivity contribution < 1.29 is 0 Å². The molecule has 0 amide bonds. The van der Waals surface area contributed by atoms with E-state index in [1.165, 1.54) is 42.0 Å². The predicted molar refractivity (Wildman–Crippen MR) is 84.7 cm³/mol. The van der Waals surface area contributed by atoms with Crippen LogP contribution < -0.4 is 5.73 Å². The second-order valence-electron chi connectivity index (χ2n) is 6.71. The van der Waals surface area contributed by atoms with Gasteiger partial charge in [0.25, 0.3) is 0 Å². The zero-order valence-electron chi connectivity index (χ0n) is 12.0. The number of fused-ring (bicyclic) bond motifs is 4. The van der Waals surface area contributed by atoms with Crippen molar-refractivity contribution in [3.63, 3.8) is 0 Å². The van der Waals surface area contributed by atoms with E-state index >= 15 is 0 Å². The second kappa shape index (κ2) is 4.89. The molecule has 2 atom stereocenters. The summed E-state index contributed by atoms with van der Waals surface area (Å²) < 4.78 is 0. The van der Waals surface area contributed by atoms with Crippen molar-refractivity contribution in [3.8, 4) is 0 Å². The molecule has 20 heavy (non-hydrogen) atoms. The van der Waals surface area contributed by atoms with E-state index in [1.807, 2.05) is 0 Å². The molecule has 0 unspecified atom stereocenters. The summed E-state index contributed by atoms with van der Waals surface area (Å²) in [5.74, 6) is 3.16. The Hall–Kier alpha value is -1.34. The van der Waals surface area contributed by atoms with Crippen LogP contribution in [0.5, 0.6) is 0 Å². The van der Waals surface area contributed by atoms with Gasteiger partial charge in [0.05, 0.1) is 0 Å². The molecule has 3 fully saturated rings. The van der Waals surface area contributed by atoms with E-state index in [2.05, 4.69) is 42.5 Å². The minimum atomic E-state index is 0.706. The van der Waals surface area contributed by atoms with Gasteiger partial charge in [0, 0.05) is 0 Å². The molecule has 2 bridgehead atoms. The van der Waals surface area contributed by atoms with Crippen molar-refractivity contribution >= 4 is 10.8 Å². The summed E-state index contributed by atoms with van der Waals surface area (Å²) in [7, 11) is 0. The third-order valence-corrected chi connectivity index (χ3v) is 5.82. The number of rotatable bonds is 2. The molecule has 1 nitrogen and oxygen atoms in total. The SMILES string of the molecule is NC[C@H]1C2CCC(CC2)[C@H]1c1ccc2ccccc2c1. The standard InChI is InChI=1S/C19H23N/c20-12-18-14-6-8-15(9-7-14)19(18)17-10-5-13-3-1-2-4-16(13)11-17/h1-5,10-11,14-15,18-19H,6-9,12,20H2/t14?,15?,18-,19-/m0/s1. The summed E-state index contributed by atoms with van der Waals surface area (Å²) in [6.45, 7) is 0.860. The van der Waals surface area contributed by atoms with Gasteiger partial charge in [-0.1, -0.05) is 42.5 Å². The highest BCUT2D eigenvalue weighted by molar-refractivity contribution is 5.83. The molecule has 3 aliphatic carbocycles. The molecular formula is C19H23N. The second-order valence-corrected chi connectivity index (χ2v) is 6.71. The maximum absolute atomic E-state index is 6.13. The molecule has 1 heteroatoms. The Morgan fingerprint density at radius 1 is 0.850 bits per heavy atom. The summed E-state index contributed by atoms with van der Waals surface area (Å²) in [4.78, 5) is 0. The van der Waals surface area contributed by atoms with Crippen molar-refractivity contribution in [2.75, 3.05) is 6.54 Å². The average Bonchev–Trinajstić information content (AvgIpc) is 2.54. The summed E-state index contributed by atoms with van der Waals surface area (Å²) in [5, 5.41) is 2.73. The molecule has 5 rings (SSSR count). The third kappa shape index (κ3) is 1.88. The summed E-state index contributed by atoms with van der Waals surface area (Å²) in [6.07, 6.45) is 5.66. The number of hydrogen-bond donors (Lipinski definition) is 1. The van der Waals surface area contributed by atoms with Crippen LogP contribution in [-0.2, 0) is 0 Å². The minimum Gasteiger partial charge on any atom is -0.330 e. The van der Waals surface area contributed by atoms with Crippen LogP contribution in [0.25, 0.3) is 10.8 Å². The maximum atomic E-state index is 6.13. The first-order chi connectivity index (χ1) is 9.86. The van der Waals surface area contributed by atoms with Crippen LogP contribution in [0, 0.1) is 17.8 Å². The molecule has 104 valence electrons. The number of benzene rings is 2. The van der Waals surface area contributed by atoms with Gasteiger partial charge in [0.2, 0.25) is 0 Å². The summed E-state index contributed by atoms with van der Waals surface area (Å²) in [6, 6.07) is 15.8.